The van der Waals surface area contributed by atoms with Crippen molar-refractivity contribution in [3.63, 3.8) is 0 Å². The highest BCUT2D eigenvalue weighted by molar-refractivity contribution is 9.10. The smallest absolute Gasteiger partial charge is 0.242 e. The third-order valence-electron chi connectivity index (χ3n) is 4.19. The first-order chi connectivity index (χ1) is 9.75. The van der Waals surface area contributed by atoms with Gasteiger partial charge >= 0.3 is 0 Å². The fraction of sp³-hybridized carbons (Fsp3) is 0.600. The molecule has 1 aromatic rings. The largest absolute Gasteiger partial charge is 0.326 e. The van der Waals surface area contributed by atoms with E-state index in [2.05, 4.69) is 20.7 Å². The number of benzene rings is 1. The molecule has 3 N–H and O–H groups in total. The minimum Gasteiger partial charge on any atom is -0.326 e. The van der Waals surface area contributed by atoms with Gasteiger partial charge in [0.2, 0.25) is 10.0 Å². The molecule has 0 aliphatic carbocycles. The lowest BCUT2D eigenvalue weighted by atomic mass is 9.91. The van der Waals surface area contributed by atoms with Gasteiger partial charge in [-0.05, 0) is 59.3 Å². The zero-order valence-corrected chi connectivity index (χ0v) is 15.6. The zero-order valence-electron chi connectivity index (χ0n) is 13.2. The Morgan fingerprint density at radius 3 is 2.14 bits per heavy atom. The second kappa shape index (κ2) is 7.22. The molecule has 1 rings (SSSR count). The van der Waals surface area contributed by atoms with Crippen molar-refractivity contribution in [2.45, 2.75) is 63.9 Å². The van der Waals surface area contributed by atoms with E-state index in [1.54, 1.807) is 6.07 Å². The highest BCUT2D eigenvalue weighted by Gasteiger charge is 2.31. The molecule has 1 aromatic carbocycles. The van der Waals surface area contributed by atoms with Crippen LogP contribution in [-0.4, -0.2) is 14.0 Å². The van der Waals surface area contributed by atoms with E-state index in [4.69, 9.17) is 5.73 Å². The maximum absolute atomic E-state index is 12.8. The Hall–Kier alpha value is -0.430. The Kier molecular flexibility index (Phi) is 6.40. The Morgan fingerprint density at radius 2 is 1.71 bits per heavy atom. The van der Waals surface area contributed by atoms with Crippen LogP contribution in [-0.2, 0) is 16.6 Å². The first-order valence-electron chi connectivity index (χ1n) is 7.28. The van der Waals surface area contributed by atoms with Crippen LogP contribution in [0.3, 0.4) is 0 Å². The molecule has 0 saturated carbocycles. The summed E-state index contributed by atoms with van der Waals surface area (Å²) in [6, 6.07) is 3.54. The summed E-state index contributed by atoms with van der Waals surface area (Å²) in [7, 11) is -3.59. The number of halogens is 1. The van der Waals surface area contributed by atoms with Crippen LogP contribution in [0.4, 0.5) is 0 Å². The molecular formula is C15H25BrN2O2S. The maximum atomic E-state index is 12.8. The molecule has 0 spiro atoms. The lowest BCUT2D eigenvalue weighted by Crippen LogP contribution is -2.47. The predicted octanol–water partition coefficient (Wildman–Crippen LogP) is 3.46. The van der Waals surface area contributed by atoms with Crippen LogP contribution in [0.15, 0.2) is 21.5 Å². The Morgan fingerprint density at radius 1 is 1.19 bits per heavy atom. The summed E-state index contributed by atoms with van der Waals surface area (Å²) in [5.41, 5.74) is 6.94. The molecule has 0 amide bonds. The average Bonchev–Trinajstić information content (AvgIpc) is 2.47. The van der Waals surface area contributed by atoms with Crippen LogP contribution in [0, 0.1) is 6.92 Å². The van der Waals surface area contributed by atoms with Gasteiger partial charge in [0.05, 0.1) is 4.90 Å². The van der Waals surface area contributed by atoms with Gasteiger partial charge < -0.3 is 5.73 Å². The van der Waals surface area contributed by atoms with Gasteiger partial charge in [-0.15, -0.1) is 0 Å². The number of rotatable bonds is 7. The molecule has 120 valence electrons. The Bertz CT molecular complexity index is 588. The van der Waals surface area contributed by atoms with E-state index in [0.29, 0.717) is 11.0 Å². The van der Waals surface area contributed by atoms with Gasteiger partial charge in [-0.3, -0.25) is 0 Å². The highest BCUT2D eigenvalue weighted by atomic mass is 79.9. The highest BCUT2D eigenvalue weighted by Crippen LogP contribution is 2.30. The van der Waals surface area contributed by atoms with Gasteiger partial charge in [0, 0.05) is 16.6 Å². The standard InChI is InChI=1S/C15H25BrN2O2S/c1-5-15(6-2,7-3)18-21(19,20)13-9-12(10-17)8-11(4)14(13)16/h8-9,18H,5-7,10,17H2,1-4H3. The van der Waals surface area contributed by atoms with E-state index in [1.165, 1.54) is 0 Å². The van der Waals surface area contributed by atoms with Crippen molar-refractivity contribution in [2.75, 3.05) is 0 Å². The van der Waals surface area contributed by atoms with Gasteiger partial charge in [-0.2, -0.15) is 0 Å². The van der Waals surface area contributed by atoms with Crippen LogP contribution in [0.5, 0.6) is 0 Å². The van der Waals surface area contributed by atoms with Crippen LogP contribution in [0.25, 0.3) is 0 Å². The number of aryl methyl sites for hydroxylation is 1. The minimum absolute atomic E-state index is 0.266. The summed E-state index contributed by atoms with van der Waals surface area (Å²) >= 11 is 3.39. The van der Waals surface area contributed by atoms with Crippen LogP contribution < -0.4 is 10.5 Å². The van der Waals surface area contributed by atoms with E-state index in [-0.39, 0.29) is 4.90 Å². The summed E-state index contributed by atoms with van der Waals surface area (Å²) in [6.07, 6.45) is 2.27. The topological polar surface area (TPSA) is 72.2 Å². The number of nitrogens with one attached hydrogen (secondary N) is 1. The van der Waals surface area contributed by atoms with Crippen LogP contribution in [0.2, 0.25) is 0 Å². The Labute approximate surface area is 136 Å². The SMILES string of the molecule is CCC(CC)(CC)NS(=O)(=O)c1cc(CN)cc(C)c1Br. The molecule has 0 aromatic heterocycles. The normalized spacial score (nSPS) is 12.7. The Balaban J connectivity index is 3.34. The van der Waals surface area contributed by atoms with E-state index >= 15 is 0 Å². The minimum atomic E-state index is -3.59. The molecule has 0 aliphatic heterocycles. The lowest BCUT2D eigenvalue weighted by Gasteiger charge is -2.31. The summed E-state index contributed by atoms with van der Waals surface area (Å²) in [5.74, 6) is 0. The zero-order chi connectivity index (χ0) is 16.3. The molecule has 0 bridgehead atoms. The fourth-order valence-electron chi connectivity index (χ4n) is 2.43. The molecular weight excluding hydrogens is 352 g/mol. The van der Waals surface area contributed by atoms with Crippen molar-refractivity contribution in [2.24, 2.45) is 5.73 Å². The maximum Gasteiger partial charge on any atom is 0.242 e. The van der Waals surface area contributed by atoms with Crippen LogP contribution in [0.1, 0.15) is 51.2 Å². The quantitative estimate of drug-likeness (QED) is 0.764. The third-order valence-corrected chi connectivity index (χ3v) is 7.11. The van der Waals surface area contributed by atoms with Crippen molar-refractivity contribution in [1.82, 2.24) is 4.72 Å². The number of hydrogen-bond acceptors (Lipinski definition) is 3. The summed E-state index contributed by atoms with van der Waals surface area (Å²) in [4.78, 5) is 0.266. The van der Waals surface area contributed by atoms with Crippen molar-refractivity contribution in [3.8, 4) is 0 Å². The molecule has 0 unspecified atom stereocenters. The van der Waals surface area contributed by atoms with Crippen molar-refractivity contribution >= 4 is 26.0 Å². The summed E-state index contributed by atoms with van der Waals surface area (Å²) < 4.78 is 29.1. The van der Waals surface area contributed by atoms with Crippen molar-refractivity contribution in [1.29, 1.82) is 0 Å². The summed E-state index contributed by atoms with van der Waals surface area (Å²) in [5, 5.41) is 0. The number of nitrogens with two attached hydrogens (primary N) is 1. The molecule has 0 radical (unpaired) electrons. The van der Waals surface area contributed by atoms with Gasteiger partial charge in [-0.25, -0.2) is 13.1 Å². The molecule has 0 saturated heterocycles. The second-order valence-corrected chi connectivity index (χ2v) is 7.82. The first kappa shape index (κ1) is 18.6. The molecule has 6 heteroatoms. The predicted molar refractivity (Wildman–Crippen MR) is 90.7 cm³/mol. The number of sulfonamides is 1. The lowest BCUT2D eigenvalue weighted by molar-refractivity contribution is 0.341. The van der Waals surface area contributed by atoms with Gasteiger partial charge in [0.1, 0.15) is 0 Å². The van der Waals surface area contributed by atoms with Gasteiger partial charge in [0.25, 0.3) is 0 Å². The molecule has 4 nitrogen and oxygen atoms in total. The molecule has 0 heterocycles. The second-order valence-electron chi connectivity index (χ2n) is 5.38. The van der Waals surface area contributed by atoms with Gasteiger partial charge in [-0.1, -0.05) is 26.8 Å². The van der Waals surface area contributed by atoms with E-state index in [9.17, 15) is 8.42 Å². The van der Waals surface area contributed by atoms with Crippen molar-refractivity contribution < 1.29 is 8.42 Å². The monoisotopic (exact) mass is 376 g/mol. The first-order valence-corrected chi connectivity index (χ1v) is 9.56. The van der Waals surface area contributed by atoms with Crippen molar-refractivity contribution in [3.05, 3.63) is 27.7 Å². The van der Waals surface area contributed by atoms with Gasteiger partial charge in [0.15, 0.2) is 0 Å². The van der Waals surface area contributed by atoms with E-state index < -0.39 is 15.6 Å². The molecule has 0 fully saturated rings. The number of hydrogen-bond donors (Lipinski definition) is 2. The average molecular weight is 377 g/mol. The summed E-state index contributed by atoms with van der Waals surface area (Å²) in [6.45, 7) is 8.20. The molecule has 0 aliphatic rings. The molecule has 0 atom stereocenters. The third kappa shape index (κ3) is 4.06. The van der Waals surface area contributed by atoms with E-state index in [1.807, 2.05) is 33.8 Å². The molecule has 21 heavy (non-hydrogen) atoms. The fourth-order valence-corrected chi connectivity index (χ4v) is 5.11. The van der Waals surface area contributed by atoms with Crippen LogP contribution >= 0.6 is 15.9 Å². The van der Waals surface area contributed by atoms with E-state index in [0.717, 1.165) is 30.4 Å².